The van der Waals surface area contributed by atoms with Crippen LogP contribution in [0.3, 0.4) is 0 Å². The number of carboxylic acids is 1. The van der Waals surface area contributed by atoms with Crippen LogP contribution in [-0.4, -0.2) is 29.4 Å². The van der Waals surface area contributed by atoms with Gasteiger partial charge in [0.25, 0.3) is 0 Å². The number of unbranched alkanes of at least 4 members (excludes halogenated alkanes) is 7. The van der Waals surface area contributed by atoms with Gasteiger partial charge in [0.1, 0.15) is 5.84 Å². The molecule has 29 heavy (non-hydrogen) atoms. The van der Waals surface area contributed by atoms with E-state index < -0.39 is 5.97 Å². The van der Waals surface area contributed by atoms with E-state index in [9.17, 15) is 9.59 Å². The number of hydrogen-bond donors (Lipinski definition) is 2. The number of hydrogen-bond acceptors (Lipinski definition) is 4. The summed E-state index contributed by atoms with van der Waals surface area (Å²) < 4.78 is 0. The number of anilines is 1. The smallest absolute Gasteiger partial charge is 0.303 e. The molecule has 0 bridgehead atoms. The Kier molecular flexibility index (Phi) is 10.3. The van der Waals surface area contributed by atoms with E-state index in [0.717, 1.165) is 57.1 Å². The van der Waals surface area contributed by atoms with Crippen LogP contribution in [0.5, 0.6) is 0 Å². The third-order valence-electron chi connectivity index (χ3n) is 4.83. The summed E-state index contributed by atoms with van der Waals surface area (Å²) in [6, 6.07) is 5.36. The van der Waals surface area contributed by atoms with Crippen molar-refractivity contribution >= 4 is 46.6 Å². The van der Waals surface area contributed by atoms with E-state index in [2.05, 4.69) is 10.4 Å². The molecule has 2 N–H and O–H groups in total. The summed E-state index contributed by atoms with van der Waals surface area (Å²) in [4.78, 5) is 22.5. The molecule has 0 fully saturated rings. The van der Waals surface area contributed by atoms with E-state index in [1.165, 1.54) is 0 Å². The number of carbonyl (C=O) groups excluding carboxylic acids is 1. The second-order valence-electron chi connectivity index (χ2n) is 7.29. The van der Waals surface area contributed by atoms with E-state index in [1.54, 1.807) is 12.1 Å². The van der Waals surface area contributed by atoms with Gasteiger partial charge in [0.05, 0.1) is 15.7 Å². The highest BCUT2D eigenvalue weighted by atomic mass is 35.5. The van der Waals surface area contributed by atoms with Gasteiger partial charge in [0, 0.05) is 25.8 Å². The van der Waals surface area contributed by atoms with Crippen molar-refractivity contribution in [1.82, 2.24) is 5.32 Å². The summed E-state index contributed by atoms with van der Waals surface area (Å²) in [5.41, 5.74) is 0.853. The Morgan fingerprint density at radius 3 is 2.21 bits per heavy atom. The highest BCUT2D eigenvalue weighted by molar-refractivity contribution is 6.42. The van der Waals surface area contributed by atoms with Crippen molar-refractivity contribution in [1.29, 1.82) is 0 Å². The van der Waals surface area contributed by atoms with E-state index in [-0.39, 0.29) is 12.3 Å². The number of hydrazone groups is 1. The van der Waals surface area contributed by atoms with E-state index in [1.807, 2.05) is 11.1 Å². The fourth-order valence-corrected chi connectivity index (χ4v) is 3.52. The van der Waals surface area contributed by atoms with Gasteiger partial charge < -0.3 is 10.4 Å². The SMILES string of the molecule is O=C(O)CCCCCCCCCCC(=O)NC1=NN(c2ccc(Cl)c(Cl)c2)CC1. The summed E-state index contributed by atoms with van der Waals surface area (Å²) >= 11 is 12.0. The number of nitrogens with zero attached hydrogens (tertiary/aromatic N) is 2. The second-order valence-corrected chi connectivity index (χ2v) is 8.10. The number of nitrogens with one attached hydrogen (secondary N) is 1. The lowest BCUT2D eigenvalue weighted by Crippen LogP contribution is -2.29. The zero-order valence-corrected chi connectivity index (χ0v) is 18.1. The van der Waals surface area contributed by atoms with Gasteiger partial charge in [-0.3, -0.25) is 14.6 Å². The minimum absolute atomic E-state index is 0.00779. The van der Waals surface area contributed by atoms with E-state index >= 15 is 0 Å². The molecule has 1 aromatic carbocycles. The van der Waals surface area contributed by atoms with Gasteiger partial charge in [0.15, 0.2) is 0 Å². The lowest BCUT2D eigenvalue weighted by molar-refractivity contribution is -0.137. The Balaban J connectivity index is 1.55. The van der Waals surface area contributed by atoms with Crippen LogP contribution < -0.4 is 10.3 Å². The van der Waals surface area contributed by atoms with Crippen molar-refractivity contribution in [2.24, 2.45) is 5.10 Å². The van der Waals surface area contributed by atoms with Crippen LogP contribution in [0, 0.1) is 0 Å². The Hall–Kier alpha value is -1.79. The van der Waals surface area contributed by atoms with Crippen LogP contribution in [0.4, 0.5) is 5.69 Å². The maximum absolute atomic E-state index is 12.1. The van der Waals surface area contributed by atoms with Crippen LogP contribution in [0.25, 0.3) is 0 Å². The Bertz CT molecular complexity index is 725. The van der Waals surface area contributed by atoms with Gasteiger partial charge in [-0.25, -0.2) is 0 Å². The number of amides is 1. The number of benzene rings is 1. The average molecular weight is 442 g/mol. The predicted molar refractivity (Wildman–Crippen MR) is 118 cm³/mol. The molecule has 6 nitrogen and oxygen atoms in total. The van der Waals surface area contributed by atoms with Gasteiger partial charge in [-0.2, -0.15) is 5.10 Å². The predicted octanol–water partition coefficient (Wildman–Crippen LogP) is 5.62. The van der Waals surface area contributed by atoms with Crippen LogP contribution >= 0.6 is 23.2 Å². The molecule has 0 radical (unpaired) electrons. The van der Waals surface area contributed by atoms with Crippen molar-refractivity contribution in [3.8, 4) is 0 Å². The molecule has 1 heterocycles. The van der Waals surface area contributed by atoms with Gasteiger partial charge in [0.2, 0.25) is 5.91 Å². The summed E-state index contributed by atoms with van der Waals surface area (Å²) in [7, 11) is 0. The molecule has 160 valence electrons. The lowest BCUT2D eigenvalue weighted by Gasteiger charge is -2.13. The molecule has 0 aliphatic carbocycles. The van der Waals surface area contributed by atoms with Gasteiger partial charge in [-0.15, -0.1) is 0 Å². The minimum Gasteiger partial charge on any atom is -0.481 e. The maximum Gasteiger partial charge on any atom is 0.303 e. The minimum atomic E-state index is -0.714. The lowest BCUT2D eigenvalue weighted by atomic mass is 10.1. The number of carbonyl (C=O) groups is 2. The molecule has 8 heteroatoms. The van der Waals surface area contributed by atoms with E-state index in [0.29, 0.717) is 35.3 Å². The van der Waals surface area contributed by atoms with E-state index in [4.69, 9.17) is 28.3 Å². The zero-order valence-electron chi connectivity index (χ0n) is 16.6. The van der Waals surface area contributed by atoms with Gasteiger partial charge >= 0.3 is 5.97 Å². The third kappa shape index (κ3) is 9.05. The quantitative estimate of drug-likeness (QED) is 0.412. The standard InChI is InChI=1S/C21H29Cl2N3O3/c22-17-12-11-16(15-18(17)23)26-14-13-19(25-26)24-20(27)9-7-5-3-1-2-4-6-8-10-21(28)29/h11-12,15H,1-10,13-14H2,(H,28,29)(H,24,25,27). The summed E-state index contributed by atoms with van der Waals surface area (Å²) in [5.74, 6) is -0.0234. The van der Waals surface area contributed by atoms with Crippen molar-refractivity contribution in [3.05, 3.63) is 28.2 Å². The number of aliphatic carboxylic acids is 1. The molecule has 1 aliphatic rings. The first-order valence-corrected chi connectivity index (χ1v) is 11.0. The van der Waals surface area contributed by atoms with Gasteiger partial charge in [-0.05, 0) is 31.0 Å². The van der Waals surface area contributed by atoms with Crippen molar-refractivity contribution in [3.63, 3.8) is 0 Å². The van der Waals surface area contributed by atoms with Crippen LogP contribution in [0.2, 0.25) is 10.0 Å². The van der Waals surface area contributed by atoms with Crippen LogP contribution in [0.1, 0.15) is 70.6 Å². The number of carboxylic acid groups (broad SMARTS) is 1. The Morgan fingerprint density at radius 2 is 1.59 bits per heavy atom. The molecule has 0 aromatic heterocycles. The first-order chi connectivity index (χ1) is 14.0. The largest absolute Gasteiger partial charge is 0.481 e. The first-order valence-electron chi connectivity index (χ1n) is 10.3. The van der Waals surface area contributed by atoms with Crippen molar-refractivity contribution in [2.45, 2.75) is 70.6 Å². The fraction of sp³-hybridized carbons (Fsp3) is 0.571. The van der Waals surface area contributed by atoms with Gasteiger partial charge in [-0.1, -0.05) is 61.7 Å². The summed E-state index contributed by atoms with van der Waals surface area (Å²) in [6.07, 6.45) is 9.58. The molecule has 0 spiro atoms. The topological polar surface area (TPSA) is 82.0 Å². The molecular formula is C21H29Cl2N3O3. The summed E-state index contributed by atoms with van der Waals surface area (Å²) in [6.45, 7) is 0.694. The molecule has 0 saturated heterocycles. The highest BCUT2D eigenvalue weighted by Crippen LogP contribution is 2.28. The van der Waals surface area contributed by atoms with Crippen LogP contribution in [0.15, 0.2) is 23.3 Å². The molecule has 1 amide bonds. The molecule has 0 unspecified atom stereocenters. The molecule has 0 saturated carbocycles. The molecule has 1 aromatic rings. The Labute approximate surface area is 182 Å². The number of rotatable bonds is 12. The van der Waals surface area contributed by atoms with Crippen LogP contribution in [-0.2, 0) is 9.59 Å². The third-order valence-corrected chi connectivity index (χ3v) is 5.57. The zero-order chi connectivity index (χ0) is 21.1. The normalized spacial score (nSPS) is 13.4. The first kappa shape index (κ1) is 23.5. The molecule has 0 atom stereocenters. The second kappa shape index (κ2) is 12.7. The summed E-state index contributed by atoms with van der Waals surface area (Å²) in [5, 5.41) is 18.7. The molecular weight excluding hydrogens is 413 g/mol. The number of halogens is 2. The highest BCUT2D eigenvalue weighted by Gasteiger charge is 2.18. The van der Waals surface area contributed by atoms with Crippen molar-refractivity contribution in [2.75, 3.05) is 11.6 Å². The maximum atomic E-state index is 12.1. The fourth-order valence-electron chi connectivity index (χ4n) is 3.22. The molecule has 1 aliphatic heterocycles. The Morgan fingerprint density at radius 1 is 0.966 bits per heavy atom. The monoisotopic (exact) mass is 441 g/mol. The number of amidine groups is 1. The van der Waals surface area contributed by atoms with Crippen molar-refractivity contribution < 1.29 is 14.7 Å². The molecule has 2 rings (SSSR count). The average Bonchev–Trinajstić information content (AvgIpc) is 3.13.